The topological polar surface area (TPSA) is 58.3 Å². The minimum Gasteiger partial charge on any atom is -0.516 e. The van der Waals surface area contributed by atoms with E-state index in [1.807, 2.05) is 0 Å². The third-order valence-corrected chi connectivity index (χ3v) is 5.53. The molecule has 0 heterocycles. The molecule has 2 aromatic carbocycles. The summed E-state index contributed by atoms with van der Waals surface area (Å²) in [6, 6.07) is 12.7. The van der Waals surface area contributed by atoms with Gasteiger partial charge in [-0.25, -0.2) is 0 Å². The summed E-state index contributed by atoms with van der Waals surface area (Å²) in [6.07, 6.45) is 7.38. The smallest absolute Gasteiger partial charge is 0.0719 e. The average molecular weight is 502 g/mol. The zero-order chi connectivity index (χ0) is 25.7. The van der Waals surface area contributed by atoms with Crippen molar-refractivity contribution in [2.24, 2.45) is 17.6 Å². The van der Waals surface area contributed by atoms with Gasteiger partial charge in [-0.05, 0) is 83.1 Å². The molecule has 3 nitrogen and oxygen atoms in total. The van der Waals surface area contributed by atoms with Crippen LogP contribution in [0.3, 0.4) is 0 Å². The third-order valence-electron chi connectivity index (χ3n) is 4.86. The van der Waals surface area contributed by atoms with Crippen LogP contribution in [0.4, 0.5) is 0 Å². The molecule has 0 spiro atoms. The third kappa shape index (κ3) is 9.80. The highest BCUT2D eigenvalue weighted by atomic mass is 35.5. The molecule has 34 heavy (non-hydrogen) atoms. The lowest BCUT2D eigenvalue weighted by Gasteiger charge is -2.19. The fourth-order valence-electron chi connectivity index (χ4n) is 3.38. The number of aliphatic hydroxyl groups excluding tert-OH is 1. The van der Waals surface area contributed by atoms with E-state index in [1.54, 1.807) is 0 Å². The highest BCUT2D eigenvalue weighted by Gasteiger charge is 2.16. The first-order valence-corrected chi connectivity index (χ1v) is 12.2. The van der Waals surface area contributed by atoms with Crippen molar-refractivity contribution in [1.29, 1.82) is 0 Å². The Bertz CT molecular complexity index is 1000. The van der Waals surface area contributed by atoms with Crippen molar-refractivity contribution in [3.63, 3.8) is 0 Å². The molecule has 0 amide bonds. The molecule has 0 atom stereocenters. The highest BCUT2D eigenvalue weighted by molar-refractivity contribution is 6.33. The van der Waals surface area contributed by atoms with Crippen molar-refractivity contribution in [2.75, 3.05) is 6.54 Å². The van der Waals surface area contributed by atoms with Gasteiger partial charge in [0.25, 0.3) is 0 Å². The summed E-state index contributed by atoms with van der Waals surface area (Å²) in [7, 11) is 0. The molecular formula is C29H38Cl2N2O. The number of nitrogens with one attached hydrogen (secondary N) is 1. The Balaban J connectivity index is 0.000000872. The van der Waals surface area contributed by atoms with Gasteiger partial charge in [0.2, 0.25) is 0 Å². The first-order valence-electron chi connectivity index (χ1n) is 11.5. The maximum atomic E-state index is 7.33. The molecule has 184 valence electrons. The molecule has 3 rings (SSSR count). The number of allylic oxidation sites excluding steroid dienone is 4. The lowest BCUT2D eigenvalue weighted by atomic mass is 9.88. The maximum absolute atomic E-state index is 7.33. The van der Waals surface area contributed by atoms with Crippen LogP contribution in [0, 0.1) is 11.8 Å². The predicted molar refractivity (Wildman–Crippen MR) is 151 cm³/mol. The van der Waals surface area contributed by atoms with Crippen LogP contribution in [0.15, 0.2) is 74.2 Å². The number of benzene rings is 2. The molecule has 0 saturated carbocycles. The van der Waals surface area contributed by atoms with Crippen LogP contribution >= 0.6 is 23.2 Å². The summed E-state index contributed by atoms with van der Waals surface area (Å²) >= 11 is 13.0. The van der Waals surface area contributed by atoms with Crippen LogP contribution in [0.5, 0.6) is 0 Å². The summed E-state index contributed by atoms with van der Waals surface area (Å²) in [6.45, 7) is 16.8. The molecule has 2 aromatic rings. The first-order chi connectivity index (χ1) is 16.2. The van der Waals surface area contributed by atoms with Gasteiger partial charge >= 0.3 is 0 Å². The van der Waals surface area contributed by atoms with Gasteiger partial charge in [0, 0.05) is 22.2 Å². The van der Waals surface area contributed by atoms with Crippen LogP contribution < -0.4 is 11.1 Å². The van der Waals surface area contributed by atoms with Gasteiger partial charge in [0.1, 0.15) is 0 Å². The number of hydrogen-bond donors (Lipinski definition) is 3. The second-order valence-electron chi connectivity index (χ2n) is 8.86. The Morgan fingerprint density at radius 3 is 2.06 bits per heavy atom. The minimum atomic E-state index is 0.600. The van der Waals surface area contributed by atoms with Crippen LogP contribution in [-0.4, -0.2) is 11.7 Å². The normalized spacial score (nSPS) is 11.9. The van der Waals surface area contributed by atoms with Crippen molar-refractivity contribution >= 4 is 34.3 Å². The summed E-state index contributed by atoms with van der Waals surface area (Å²) < 4.78 is 0. The standard InChI is InChI=1S/C25H29Cl2N.C2H5N.C2H4O/c1-16(2)9-20-7-6-19(13-24(20)26)21-11-22(12-21)23-8-5-18(10-25(23)27)15-28-14-17(3)4;2*1-2-3/h5-8,10-13,16-17,28H,9,14-15H2,1-4H3;2H,1,3H2;2-3H,1H2. The second kappa shape index (κ2) is 15.4. The van der Waals surface area contributed by atoms with Crippen molar-refractivity contribution in [1.82, 2.24) is 5.32 Å². The average Bonchev–Trinajstić information content (AvgIpc) is 2.71. The van der Waals surface area contributed by atoms with Crippen molar-refractivity contribution in [3.05, 3.63) is 106 Å². The zero-order valence-electron chi connectivity index (χ0n) is 20.7. The van der Waals surface area contributed by atoms with Gasteiger partial charge in [-0.2, -0.15) is 0 Å². The number of hydrogen-bond acceptors (Lipinski definition) is 3. The number of rotatable bonds is 8. The van der Waals surface area contributed by atoms with Crippen molar-refractivity contribution in [2.45, 2.75) is 40.7 Å². The Kier molecular flexibility index (Phi) is 13.4. The molecule has 0 aliphatic heterocycles. The van der Waals surface area contributed by atoms with Gasteiger partial charge < -0.3 is 16.2 Å². The lowest BCUT2D eigenvalue weighted by molar-refractivity contribution is 0.476. The van der Waals surface area contributed by atoms with Gasteiger partial charge in [-0.3, -0.25) is 0 Å². The second-order valence-corrected chi connectivity index (χ2v) is 9.68. The molecule has 0 radical (unpaired) electrons. The van der Waals surface area contributed by atoms with Gasteiger partial charge in [0.05, 0.1) is 6.26 Å². The molecule has 0 unspecified atom stereocenters. The summed E-state index contributed by atoms with van der Waals surface area (Å²) in [5.41, 5.74) is 11.7. The minimum absolute atomic E-state index is 0.600. The zero-order valence-corrected chi connectivity index (χ0v) is 22.3. The molecule has 0 fully saturated rings. The maximum Gasteiger partial charge on any atom is 0.0719 e. The Morgan fingerprint density at radius 2 is 1.56 bits per heavy atom. The highest BCUT2D eigenvalue weighted by Crippen LogP contribution is 2.38. The van der Waals surface area contributed by atoms with E-state index < -0.39 is 0 Å². The SMILES string of the molecule is C=CN.C=CO.CC(C)CNCc1ccc(C2=CC(c3ccc(CC(C)C)c(Cl)c3)=C2)c(Cl)c1. The van der Waals surface area contributed by atoms with E-state index in [9.17, 15) is 0 Å². The molecule has 1 aliphatic rings. The van der Waals surface area contributed by atoms with Crippen LogP contribution in [-0.2, 0) is 13.0 Å². The monoisotopic (exact) mass is 500 g/mol. The summed E-state index contributed by atoms with van der Waals surface area (Å²) in [5, 5.41) is 12.4. The molecule has 4 N–H and O–H groups in total. The lowest BCUT2D eigenvalue weighted by Crippen LogP contribution is -2.18. The van der Waals surface area contributed by atoms with E-state index >= 15 is 0 Å². The fourth-order valence-corrected chi connectivity index (χ4v) is 3.95. The number of aliphatic hydroxyl groups is 1. The van der Waals surface area contributed by atoms with Crippen molar-refractivity contribution < 1.29 is 5.11 Å². The molecule has 0 aromatic heterocycles. The van der Waals surface area contributed by atoms with E-state index in [1.165, 1.54) is 28.5 Å². The van der Waals surface area contributed by atoms with E-state index in [2.05, 4.69) is 100 Å². The molecule has 1 aliphatic carbocycles. The van der Waals surface area contributed by atoms with E-state index in [4.69, 9.17) is 28.3 Å². The van der Waals surface area contributed by atoms with Gasteiger partial charge in [-0.15, -0.1) is 0 Å². The molecule has 5 heteroatoms. The Morgan fingerprint density at radius 1 is 0.941 bits per heavy atom. The Hall–Kier alpha value is -2.46. The van der Waals surface area contributed by atoms with Crippen LogP contribution in [0.1, 0.15) is 49.9 Å². The summed E-state index contributed by atoms with van der Waals surface area (Å²) in [5.74, 6) is 1.25. The fraction of sp³-hybridized carbons (Fsp3) is 0.310. The van der Waals surface area contributed by atoms with Crippen molar-refractivity contribution in [3.8, 4) is 0 Å². The first kappa shape index (κ1) is 29.6. The van der Waals surface area contributed by atoms with E-state index in [0.717, 1.165) is 46.9 Å². The molecule has 0 saturated heterocycles. The van der Waals surface area contributed by atoms with E-state index in [-0.39, 0.29) is 0 Å². The quantitative estimate of drug-likeness (QED) is 0.320. The number of halogens is 2. The largest absolute Gasteiger partial charge is 0.516 e. The summed E-state index contributed by atoms with van der Waals surface area (Å²) in [4.78, 5) is 0. The molecule has 0 bridgehead atoms. The van der Waals surface area contributed by atoms with Crippen LogP contribution in [0.25, 0.3) is 11.1 Å². The molecular weight excluding hydrogens is 463 g/mol. The Labute approximate surface area is 215 Å². The van der Waals surface area contributed by atoms with E-state index in [0.29, 0.717) is 11.8 Å². The number of nitrogens with two attached hydrogens (primary N) is 1. The predicted octanol–water partition coefficient (Wildman–Crippen LogP) is 8.19. The van der Waals surface area contributed by atoms with Crippen LogP contribution in [0.2, 0.25) is 10.0 Å². The van der Waals surface area contributed by atoms with Gasteiger partial charge in [0.15, 0.2) is 0 Å². The van der Waals surface area contributed by atoms with Gasteiger partial charge in [-0.1, -0.05) is 88.3 Å².